The maximum atomic E-state index is 13.1. The molecule has 3 N–H and O–H groups in total. The number of benzene rings is 2. The van der Waals surface area contributed by atoms with Crippen molar-refractivity contribution in [1.29, 1.82) is 0 Å². The van der Waals surface area contributed by atoms with E-state index in [2.05, 4.69) is 5.32 Å². The third kappa shape index (κ3) is 4.07. The van der Waals surface area contributed by atoms with Crippen molar-refractivity contribution in [3.63, 3.8) is 0 Å². The fourth-order valence-electron chi connectivity index (χ4n) is 2.03. The number of hydrogen-bond donors (Lipinski definition) is 2. The third-order valence-corrected chi connectivity index (χ3v) is 3.09. The summed E-state index contributed by atoms with van der Waals surface area (Å²) in [6, 6.07) is 13.1. The number of rotatable bonds is 5. The van der Waals surface area contributed by atoms with Crippen molar-refractivity contribution in [3.8, 4) is 0 Å². The van der Waals surface area contributed by atoms with E-state index >= 15 is 0 Å². The molecule has 0 saturated heterocycles. The Balaban J connectivity index is 1.79. The lowest BCUT2D eigenvalue weighted by atomic mass is 10.1. The molecule has 0 aliphatic rings. The van der Waals surface area contributed by atoms with Crippen LogP contribution in [-0.4, -0.2) is 6.54 Å². The van der Waals surface area contributed by atoms with Crippen molar-refractivity contribution in [3.05, 3.63) is 65.0 Å². The highest BCUT2D eigenvalue weighted by atomic mass is 19.1. The molecule has 0 fully saturated rings. The monoisotopic (exact) mass is 258 g/mol. The molecule has 0 aliphatic carbocycles. The molecule has 100 valence electrons. The van der Waals surface area contributed by atoms with Gasteiger partial charge in [-0.2, -0.15) is 0 Å². The first kappa shape index (κ1) is 13.6. The van der Waals surface area contributed by atoms with Gasteiger partial charge >= 0.3 is 0 Å². The van der Waals surface area contributed by atoms with Crippen LogP contribution >= 0.6 is 0 Å². The van der Waals surface area contributed by atoms with Crippen molar-refractivity contribution in [2.24, 2.45) is 0 Å². The topological polar surface area (TPSA) is 38.0 Å². The van der Waals surface area contributed by atoms with E-state index in [1.54, 1.807) is 6.92 Å². The normalized spacial score (nSPS) is 10.6. The van der Waals surface area contributed by atoms with Crippen molar-refractivity contribution >= 4 is 5.69 Å². The van der Waals surface area contributed by atoms with Crippen molar-refractivity contribution in [2.45, 2.75) is 19.9 Å². The molecule has 0 aliphatic heterocycles. The van der Waals surface area contributed by atoms with Gasteiger partial charge in [-0.3, -0.25) is 0 Å². The average Bonchev–Trinajstić information content (AvgIpc) is 2.39. The Labute approximate surface area is 113 Å². The first-order valence-corrected chi connectivity index (χ1v) is 6.45. The number of hydrogen-bond acceptors (Lipinski definition) is 2. The Morgan fingerprint density at radius 1 is 1.11 bits per heavy atom. The molecular formula is C16H19FN2. The van der Waals surface area contributed by atoms with Gasteiger partial charge in [0.1, 0.15) is 5.82 Å². The summed E-state index contributed by atoms with van der Waals surface area (Å²) in [5.74, 6) is -0.142. The number of halogens is 1. The average molecular weight is 258 g/mol. The van der Waals surface area contributed by atoms with Crippen LogP contribution in [0.4, 0.5) is 10.1 Å². The zero-order valence-electron chi connectivity index (χ0n) is 11.1. The molecule has 0 bridgehead atoms. The Morgan fingerprint density at radius 3 is 2.68 bits per heavy atom. The first-order valence-electron chi connectivity index (χ1n) is 6.45. The highest BCUT2D eigenvalue weighted by Gasteiger charge is 1.99. The number of aryl methyl sites for hydroxylation is 1. The van der Waals surface area contributed by atoms with Crippen LogP contribution in [0.1, 0.15) is 16.7 Å². The minimum absolute atomic E-state index is 0.142. The smallest absolute Gasteiger partial charge is 0.126 e. The van der Waals surface area contributed by atoms with E-state index in [1.165, 1.54) is 11.6 Å². The van der Waals surface area contributed by atoms with E-state index < -0.39 is 0 Å². The predicted molar refractivity (Wildman–Crippen MR) is 77.4 cm³/mol. The van der Waals surface area contributed by atoms with Gasteiger partial charge in [0.05, 0.1) is 0 Å². The number of nitrogens with one attached hydrogen (secondary N) is 1. The molecule has 0 heterocycles. The summed E-state index contributed by atoms with van der Waals surface area (Å²) in [6.45, 7) is 3.45. The van der Waals surface area contributed by atoms with Crippen LogP contribution in [0.3, 0.4) is 0 Å². The van der Waals surface area contributed by atoms with Gasteiger partial charge in [0.15, 0.2) is 0 Å². The molecule has 2 aromatic rings. The molecule has 0 aromatic heterocycles. The lowest BCUT2D eigenvalue weighted by Crippen LogP contribution is -2.16. The minimum Gasteiger partial charge on any atom is -0.399 e. The molecule has 0 saturated carbocycles. The molecule has 0 unspecified atom stereocenters. The van der Waals surface area contributed by atoms with Crippen molar-refractivity contribution < 1.29 is 4.39 Å². The van der Waals surface area contributed by atoms with Crippen molar-refractivity contribution in [2.75, 3.05) is 12.3 Å². The number of nitrogens with two attached hydrogens (primary N) is 1. The van der Waals surface area contributed by atoms with E-state index in [1.807, 2.05) is 36.4 Å². The van der Waals surface area contributed by atoms with Crippen LogP contribution in [0.25, 0.3) is 0 Å². The summed E-state index contributed by atoms with van der Waals surface area (Å²) < 4.78 is 13.1. The largest absolute Gasteiger partial charge is 0.399 e. The second-order valence-corrected chi connectivity index (χ2v) is 4.76. The molecule has 2 rings (SSSR count). The Bertz CT molecular complexity index is 552. The highest BCUT2D eigenvalue weighted by Crippen LogP contribution is 2.10. The third-order valence-electron chi connectivity index (χ3n) is 3.09. The van der Waals surface area contributed by atoms with Gasteiger partial charge < -0.3 is 11.1 Å². The van der Waals surface area contributed by atoms with Gasteiger partial charge in [-0.15, -0.1) is 0 Å². The van der Waals surface area contributed by atoms with Gasteiger partial charge in [0.2, 0.25) is 0 Å². The molecule has 0 radical (unpaired) electrons. The molecule has 2 nitrogen and oxygen atoms in total. The quantitative estimate of drug-likeness (QED) is 0.639. The summed E-state index contributed by atoms with van der Waals surface area (Å²) in [5, 5.41) is 3.36. The summed E-state index contributed by atoms with van der Waals surface area (Å²) in [6.07, 6.45) is 0.892. The van der Waals surface area contributed by atoms with E-state index in [9.17, 15) is 4.39 Å². The zero-order chi connectivity index (χ0) is 13.7. The Hall–Kier alpha value is -1.87. The van der Waals surface area contributed by atoms with Gasteiger partial charge in [-0.1, -0.05) is 24.3 Å². The minimum atomic E-state index is -0.142. The van der Waals surface area contributed by atoms with Gasteiger partial charge in [0.25, 0.3) is 0 Å². The molecule has 0 spiro atoms. The van der Waals surface area contributed by atoms with E-state index in [-0.39, 0.29) is 5.82 Å². The SMILES string of the molecule is Cc1cc(CCNCc2cccc(N)c2)ccc1F. The van der Waals surface area contributed by atoms with Gasteiger partial charge in [-0.05, 0) is 54.8 Å². The standard InChI is InChI=1S/C16H19FN2/c1-12-9-13(5-6-16(12)17)7-8-19-11-14-3-2-4-15(18)10-14/h2-6,9-10,19H,7-8,11,18H2,1H3. The lowest BCUT2D eigenvalue weighted by molar-refractivity contribution is 0.616. The maximum absolute atomic E-state index is 13.1. The summed E-state index contributed by atoms with van der Waals surface area (Å²) in [7, 11) is 0. The van der Waals surface area contributed by atoms with E-state index in [4.69, 9.17) is 5.73 Å². The lowest BCUT2D eigenvalue weighted by Gasteiger charge is -2.07. The first-order chi connectivity index (χ1) is 9.15. The summed E-state index contributed by atoms with van der Waals surface area (Å²) in [5.41, 5.74) is 9.54. The van der Waals surface area contributed by atoms with Crippen LogP contribution in [-0.2, 0) is 13.0 Å². The fourth-order valence-corrected chi connectivity index (χ4v) is 2.03. The number of anilines is 1. The Morgan fingerprint density at radius 2 is 1.95 bits per heavy atom. The Kier molecular flexibility index (Phi) is 4.53. The summed E-state index contributed by atoms with van der Waals surface area (Å²) in [4.78, 5) is 0. The molecule has 2 aromatic carbocycles. The predicted octanol–water partition coefficient (Wildman–Crippen LogP) is 3.05. The molecular weight excluding hydrogens is 239 g/mol. The molecule has 19 heavy (non-hydrogen) atoms. The number of nitrogen functional groups attached to an aromatic ring is 1. The van der Waals surface area contributed by atoms with Crippen molar-refractivity contribution in [1.82, 2.24) is 5.32 Å². The van der Waals surface area contributed by atoms with Crippen LogP contribution in [0.5, 0.6) is 0 Å². The molecule has 0 amide bonds. The maximum Gasteiger partial charge on any atom is 0.126 e. The van der Waals surface area contributed by atoms with Crippen LogP contribution in [0.2, 0.25) is 0 Å². The highest BCUT2D eigenvalue weighted by molar-refractivity contribution is 5.40. The van der Waals surface area contributed by atoms with Crippen LogP contribution in [0.15, 0.2) is 42.5 Å². The molecule has 3 heteroatoms. The van der Waals surface area contributed by atoms with E-state index in [0.717, 1.165) is 30.8 Å². The summed E-state index contributed by atoms with van der Waals surface area (Å²) >= 11 is 0. The van der Waals surface area contributed by atoms with Gasteiger partial charge in [-0.25, -0.2) is 4.39 Å². The second-order valence-electron chi connectivity index (χ2n) is 4.76. The van der Waals surface area contributed by atoms with Gasteiger partial charge in [0, 0.05) is 12.2 Å². The van der Waals surface area contributed by atoms with Crippen LogP contribution < -0.4 is 11.1 Å². The second kappa shape index (κ2) is 6.34. The fraction of sp³-hybridized carbons (Fsp3) is 0.250. The van der Waals surface area contributed by atoms with Crippen LogP contribution in [0, 0.1) is 12.7 Å². The zero-order valence-corrected chi connectivity index (χ0v) is 11.1. The molecule has 0 atom stereocenters. The van der Waals surface area contributed by atoms with E-state index in [0.29, 0.717) is 5.56 Å².